The Labute approximate surface area is 372 Å². The average molecular weight is 951 g/mol. The SMILES string of the molecule is O=C1OCC2OC(=O)c3cc(O)c(O)c(O)c3-c3c(O)c(O)c(O)c4c3C(=O)OC(C(C(=O)O)OC(=O)c3cc(O)c(O)c(O)c3-4)C2OC(=O)c2cc(O)c(O)c(O)c2-c2c1cc(O)c(O)c2O. The third-order valence-corrected chi connectivity index (χ3v) is 10.9. The zero-order chi connectivity index (χ0) is 49.9. The minimum Gasteiger partial charge on any atom is -0.504 e. The summed E-state index contributed by atoms with van der Waals surface area (Å²) in [6.07, 6.45) is -11.9. The number of carbonyl (C=O) groups excluding carboxylic acids is 5. The zero-order valence-electron chi connectivity index (χ0n) is 33.0. The summed E-state index contributed by atoms with van der Waals surface area (Å²) in [6, 6.07) is 1.18. The van der Waals surface area contributed by atoms with Crippen LogP contribution in [0.15, 0.2) is 24.3 Å². The molecule has 3 aliphatic heterocycles. The number of benzene rings is 5. The van der Waals surface area contributed by atoms with Gasteiger partial charge in [0, 0.05) is 33.4 Å². The molecule has 0 aliphatic carbocycles. The third-order valence-electron chi connectivity index (χ3n) is 10.9. The molecule has 0 amide bonds. The minimum atomic E-state index is -3.15. The number of fused-ring (bicyclic) bond motifs is 11. The van der Waals surface area contributed by atoms with Crippen LogP contribution in [0.25, 0.3) is 33.4 Å². The van der Waals surface area contributed by atoms with Gasteiger partial charge in [-0.1, -0.05) is 0 Å². The molecule has 4 atom stereocenters. The van der Waals surface area contributed by atoms with E-state index in [-0.39, 0.29) is 18.2 Å². The first kappa shape index (κ1) is 44.5. The van der Waals surface area contributed by atoms with E-state index in [1.807, 2.05) is 0 Å². The fourth-order valence-corrected chi connectivity index (χ4v) is 7.73. The van der Waals surface area contributed by atoms with Crippen molar-refractivity contribution in [1.29, 1.82) is 0 Å². The van der Waals surface area contributed by atoms with Gasteiger partial charge >= 0.3 is 35.8 Å². The van der Waals surface area contributed by atoms with E-state index in [4.69, 9.17) is 23.7 Å². The molecular weight excluding hydrogens is 924 g/mol. The normalized spacial score (nSPS) is 18.8. The lowest BCUT2D eigenvalue weighted by Crippen LogP contribution is -2.55. The molecule has 68 heavy (non-hydrogen) atoms. The molecule has 0 saturated heterocycles. The van der Waals surface area contributed by atoms with Crippen molar-refractivity contribution < 1.29 is 134 Å². The monoisotopic (exact) mass is 950 g/mol. The summed E-state index contributed by atoms with van der Waals surface area (Å²) >= 11 is 0. The smallest absolute Gasteiger partial charge is 0.349 e. The molecule has 8 rings (SSSR count). The Morgan fingerprint density at radius 2 is 0.691 bits per heavy atom. The van der Waals surface area contributed by atoms with Crippen LogP contribution in [-0.4, -0.2) is 149 Å². The van der Waals surface area contributed by atoms with E-state index in [1.54, 1.807) is 0 Å². The maximum absolute atomic E-state index is 15.0. The number of aromatic hydroxyl groups is 15. The molecule has 0 fully saturated rings. The summed E-state index contributed by atoms with van der Waals surface area (Å²) in [6.45, 7) is -1.60. The predicted molar refractivity (Wildman–Crippen MR) is 209 cm³/mol. The second-order valence-electron chi connectivity index (χ2n) is 14.7. The van der Waals surface area contributed by atoms with Crippen LogP contribution in [0.4, 0.5) is 0 Å². The number of hydrogen-bond acceptors (Lipinski definition) is 26. The lowest BCUT2D eigenvalue weighted by molar-refractivity contribution is -0.167. The first-order valence-electron chi connectivity index (χ1n) is 18.6. The van der Waals surface area contributed by atoms with Crippen molar-refractivity contribution in [1.82, 2.24) is 0 Å². The van der Waals surface area contributed by atoms with Crippen molar-refractivity contribution in [3.63, 3.8) is 0 Å². The highest BCUT2D eigenvalue weighted by atomic mass is 16.6. The standard InChI is InChI=1S/C41H26O27/c42-10-1-6-15(26(50)22(10)46)16-7(2-11(43)23(47)27(16)51)39(61)66-33-14(5-64-37(6)59)65-38(60)8-3-12(44)24(48)28(52)17(8)19-21-20(31(55)32(56)30(19)54)18-9(4-13(45)25(49)29(18)53)40(62)68-35(36(57)58)34(33)67-41(21)63/h1-4,14,33-35,42-56H,5H2,(H,57,58). The summed E-state index contributed by atoms with van der Waals surface area (Å²) in [5.41, 5.74) is -14.7. The molecule has 2 bridgehead atoms. The summed E-state index contributed by atoms with van der Waals surface area (Å²) in [4.78, 5) is 85.4. The number of carboxylic acids is 1. The molecular formula is C41H26O27. The van der Waals surface area contributed by atoms with Gasteiger partial charge in [-0.25, -0.2) is 28.8 Å². The van der Waals surface area contributed by atoms with Gasteiger partial charge in [0.05, 0.1) is 27.8 Å². The average Bonchev–Trinajstić information content (AvgIpc) is 3.31. The van der Waals surface area contributed by atoms with Gasteiger partial charge in [0.2, 0.25) is 34.9 Å². The summed E-state index contributed by atoms with van der Waals surface area (Å²) in [7, 11) is 0. The van der Waals surface area contributed by atoms with Gasteiger partial charge in [-0.3, -0.25) is 0 Å². The molecule has 3 aliphatic rings. The van der Waals surface area contributed by atoms with E-state index in [1.165, 1.54) is 0 Å². The number of cyclic esters (lactones) is 2. The fraction of sp³-hybridized carbons (Fsp3) is 0.122. The number of hydrogen-bond donors (Lipinski definition) is 16. The van der Waals surface area contributed by atoms with Crippen molar-refractivity contribution in [2.45, 2.75) is 24.4 Å². The lowest BCUT2D eigenvalue weighted by atomic mass is 9.84. The van der Waals surface area contributed by atoms with E-state index in [0.29, 0.717) is 6.07 Å². The number of phenolic OH excluding ortho intramolecular Hbond substituents is 15. The van der Waals surface area contributed by atoms with Crippen molar-refractivity contribution in [2.24, 2.45) is 0 Å². The highest BCUT2D eigenvalue weighted by Crippen LogP contribution is 2.60. The van der Waals surface area contributed by atoms with Crippen molar-refractivity contribution in [3.05, 3.63) is 52.1 Å². The molecule has 0 radical (unpaired) electrons. The van der Waals surface area contributed by atoms with E-state index in [9.17, 15) is 110 Å². The van der Waals surface area contributed by atoms with E-state index in [0.717, 1.165) is 0 Å². The molecule has 0 spiro atoms. The fourth-order valence-electron chi connectivity index (χ4n) is 7.73. The molecule has 0 aromatic heterocycles. The quantitative estimate of drug-likeness (QED) is 0.0640. The highest BCUT2D eigenvalue weighted by molar-refractivity contribution is 6.16. The molecule has 5 aromatic rings. The number of phenols is 15. The topological polar surface area (TPSA) is 472 Å². The Bertz CT molecular complexity index is 3190. The van der Waals surface area contributed by atoms with Crippen LogP contribution in [-0.2, 0) is 28.5 Å². The molecule has 4 unspecified atom stereocenters. The minimum absolute atomic E-state index is 0.254. The number of esters is 5. The van der Waals surface area contributed by atoms with Crippen molar-refractivity contribution >= 4 is 35.8 Å². The highest BCUT2D eigenvalue weighted by Gasteiger charge is 2.52. The third kappa shape index (κ3) is 6.35. The van der Waals surface area contributed by atoms with E-state index < -0.39 is 214 Å². The maximum atomic E-state index is 15.0. The van der Waals surface area contributed by atoms with Crippen LogP contribution < -0.4 is 0 Å². The largest absolute Gasteiger partial charge is 0.504 e. The zero-order valence-corrected chi connectivity index (χ0v) is 33.0. The summed E-state index contributed by atoms with van der Waals surface area (Å²) < 4.78 is 27.0. The molecule has 3 heterocycles. The van der Waals surface area contributed by atoms with Gasteiger partial charge in [0.1, 0.15) is 6.61 Å². The van der Waals surface area contributed by atoms with Gasteiger partial charge in [0.15, 0.2) is 75.8 Å². The van der Waals surface area contributed by atoms with Crippen molar-refractivity contribution in [2.75, 3.05) is 6.61 Å². The Hall–Kier alpha value is -10.1. The molecule has 352 valence electrons. The van der Waals surface area contributed by atoms with Gasteiger partial charge in [0.25, 0.3) is 0 Å². The van der Waals surface area contributed by atoms with Gasteiger partial charge < -0.3 is 105 Å². The molecule has 5 aromatic carbocycles. The summed E-state index contributed by atoms with van der Waals surface area (Å²) in [5.74, 6) is -35.6. The van der Waals surface area contributed by atoms with Crippen LogP contribution in [0.1, 0.15) is 51.8 Å². The Balaban J connectivity index is 1.53. The molecule has 0 saturated carbocycles. The maximum Gasteiger partial charge on any atom is 0.349 e. The van der Waals surface area contributed by atoms with Crippen LogP contribution in [0.3, 0.4) is 0 Å². The van der Waals surface area contributed by atoms with E-state index >= 15 is 0 Å². The van der Waals surface area contributed by atoms with Gasteiger partial charge in [-0.15, -0.1) is 0 Å². The van der Waals surface area contributed by atoms with E-state index in [2.05, 4.69) is 0 Å². The Morgan fingerprint density at radius 3 is 1.09 bits per heavy atom. The van der Waals surface area contributed by atoms with Crippen LogP contribution >= 0.6 is 0 Å². The molecule has 27 nitrogen and oxygen atoms in total. The lowest BCUT2D eigenvalue weighted by Gasteiger charge is -2.35. The van der Waals surface area contributed by atoms with Crippen LogP contribution in [0.5, 0.6) is 86.2 Å². The second kappa shape index (κ2) is 15.3. The first-order chi connectivity index (χ1) is 31.9. The van der Waals surface area contributed by atoms with Gasteiger partial charge in [-0.2, -0.15) is 0 Å². The first-order valence-corrected chi connectivity index (χ1v) is 18.6. The van der Waals surface area contributed by atoms with Gasteiger partial charge in [-0.05, 0) is 24.3 Å². The van der Waals surface area contributed by atoms with Crippen LogP contribution in [0, 0.1) is 0 Å². The Kier molecular flexibility index (Phi) is 10.0. The molecule has 27 heteroatoms. The number of aliphatic carboxylic acids is 1. The Morgan fingerprint density at radius 1 is 0.368 bits per heavy atom. The molecule has 16 N–H and O–H groups in total. The van der Waals surface area contributed by atoms with Crippen molar-refractivity contribution in [3.8, 4) is 120 Å². The number of carbonyl (C=O) groups is 6. The number of carboxylic acid groups (broad SMARTS) is 1. The number of ether oxygens (including phenoxy) is 5. The van der Waals surface area contributed by atoms with Crippen LogP contribution in [0.2, 0.25) is 0 Å². The number of rotatable bonds is 1. The summed E-state index contributed by atoms with van der Waals surface area (Å²) in [5, 5.41) is 174. The predicted octanol–water partition coefficient (Wildman–Crippen LogP) is 1.36. The second-order valence-corrected chi connectivity index (χ2v) is 14.7.